The van der Waals surface area contributed by atoms with Gasteiger partial charge >= 0.3 is 0 Å². The lowest BCUT2D eigenvalue weighted by Gasteiger charge is -2.43. The van der Waals surface area contributed by atoms with Crippen LogP contribution in [0.15, 0.2) is 0 Å². The van der Waals surface area contributed by atoms with E-state index in [4.69, 9.17) is 4.74 Å². The summed E-state index contributed by atoms with van der Waals surface area (Å²) in [5.41, 5.74) is 0.236. The van der Waals surface area contributed by atoms with Crippen LogP contribution in [-0.2, 0) is 4.74 Å². The molecule has 1 aliphatic carbocycles. The SMILES string of the molecule is [CH2]C1(N2CCOCC2)CCCCCC1. The van der Waals surface area contributed by atoms with Gasteiger partial charge in [-0.3, -0.25) is 4.90 Å². The predicted octanol–water partition coefficient (Wildman–Crippen LogP) is 2.25. The Kier molecular flexibility index (Phi) is 3.45. The lowest BCUT2D eigenvalue weighted by Crippen LogP contribution is -2.51. The van der Waals surface area contributed by atoms with Crippen molar-refractivity contribution in [3.63, 3.8) is 0 Å². The molecule has 0 bridgehead atoms. The van der Waals surface area contributed by atoms with Crippen molar-refractivity contribution in [2.24, 2.45) is 0 Å². The third-order valence-electron chi connectivity index (χ3n) is 3.72. The fourth-order valence-electron chi connectivity index (χ4n) is 2.74. The summed E-state index contributed by atoms with van der Waals surface area (Å²) in [7, 11) is 0. The van der Waals surface area contributed by atoms with Crippen LogP contribution in [0.1, 0.15) is 38.5 Å². The van der Waals surface area contributed by atoms with Gasteiger partial charge in [-0.1, -0.05) is 25.7 Å². The molecule has 1 saturated carbocycles. The Morgan fingerprint density at radius 2 is 1.50 bits per heavy atom. The second kappa shape index (κ2) is 4.63. The quantitative estimate of drug-likeness (QED) is 0.596. The number of rotatable bonds is 1. The minimum Gasteiger partial charge on any atom is -0.379 e. The van der Waals surface area contributed by atoms with E-state index in [1.807, 2.05) is 0 Å². The average molecular weight is 196 g/mol. The second-order valence-electron chi connectivity index (χ2n) is 4.74. The number of hydrogen-bond acceptors (Lipinski definition) is 2. The van der Waals surface area contributed by atoms with Gasteiger partial charge in [-0.05, 0) is 19.8 Å². The molecule has 2 fully saturated rings. The molecule has 1 heterocycles. The number of ether oxygens (including phenoxy) is 1. The van der Waals surface area contributed by atoms with Crippen molar-refractivity contribution in [1.82, 2.24) is 4.90 Å². The first-order valence-corrected chi connectivity index (χ1v) is 5.99. The summed E-state index contributed by atoms with van der Waals surface area (Å²) in [6.07, 6.45) is 8.10. The molecule has 2 heteroatoms. The van der Waals surface area contributed by atoms with Crippen molar-refractivity contribution in [2.45, 2.75) is 44.1 Å². The Hall–Kier alpha value is -0.0800. The van der Waals surface area contributed by atoms with Gasteiger partial charge in [0.25, 0.3) is 0 Å². The average Bonchev–Trinajstić information content (AvgIpc) is 2.46. The molecule has 0 aromatic carbocycles. The zero-order valence-corrected chi connectivity index (χ0v) is 9.13. The molecule has 2 aliphatic rings. The van der Waals surface area contributed by atoms with Crippen LogP contribution in [0.5, 0.6) is 0 Å². The van der Waals surface area contributed by atoms with Crippen molar-refractivity contribution in [1.29, 1.82) is 0 Å². The van der Waals surface area contributed by atoms with Gasteiger partial charge in [0, 0.05) is 18.6 Å². The molecule has 2 rings (SSSR count). The lowest BCUT2D eigenvalue weighted by molar-refractivity contribution is -0.0119. The van der Waals surface area contributed by atoms with Gasteiger partial charge in [0.05, 0.1) is 13.2 Å². The molecular formula is C12H22NO. The van der Waals surface area contributed by atoms with E-state index in [1.165, 1.54) is 38.5 Å². The largest absolute Gasteiger partial charge is 0.379 e. The van der Waals surface area contributed by atoms with Crippen LogP contribution in [-0.4, -0.2) is 36.7 Å². The maximum Gasteiger partial charge on any atom is 0.0594 e. The summed E-state index contributed by atoms with van der Waals surface area (Å²) in [5, 5.41) is 0. The van der Waals surface area contributed by atoms with E-state index in [1.54, 1.807) is 0 Å². The summed E-state index contributed by atoms with van der Waals surface area (Å²) < 4.78 is 5.40. The molecule has 1 saturated heterocycles. The maximum atomic E-state index is 5.40. The topological polar surface area (TPSA) is 12.5 Å². The molecule has 0 spiro atoms. The first-order valence-electron chi connectivity index (χ1n) is 5.99. The molecule has 1 aliphatic heterocycles. The number of hydrogen-bond donors (Lipinski definition) is 0. The Balaban J connectivity index is 1.96. The molecule has 14 heavy (non-hydrogen) atoms. The van der Waals surface area contributed by atoms with E-state index in [0.29, 0.717) is 0 Å². The first-order chi connectivity index (χ1) is 6.81. The van der Waals surface area contributed by atoms with Crippen molar-refractivity contribution >= 4 is 0 Å². The Bertz CT molecular complexity index is 167. The Morgan fingerprint density at radius 1 is 0.929 bits per heavy atom. The van der Waals surface area contributed by atoms with Crippen LogP contribution < -0.4 is 0 Å². The van der Waals surface area contributed by atoms with E-state index in [2.05, 4.69) is 11.8 Å². The molecule has 0 aromatic heterocycles. The predicted molar refractivity (Wildman–Crippen MR) is 58.2 cm³/mol. The van der Waals surface area contributed by atoms with Gasteiger partial charge in [-0.15, -0.1) is 0 Å². The van der Waals surface area contributed by atoms with Crippen LogP contribution in [0.3, 0.4) is 0 Å². The van der Waals surface area contributed by atoms with Crippen LogP contribution in [0, 0.1) is 6.92 Å². The van der Waals surface area contributed by atoms with Gasteiger partial charge in [0.1, 0.15) is 0 Å². The Morgan fingerprint density at radius 3 is 2.07 bits per heavy atom. The summed E-state index contributed by atoms with van der Waals surface area (Å²) in [5.74, 6) is 0. The standard InChI is InChI=1S/C12H22NO/c1-12(6-4-2-3-5-7-12)13-8-10-14-11-9-13/h1-11H2. The van der Waals surface area contributed by atoms with E-state index < -0.39 is 0 Å². The third kappa shape index (κ3) is 2.29. The maximum absolute atomic E-state index is 5.40. The van der Waals surface area contributed by atoms with Crippen molar-refractivity contribution in [3.8, 4) is 0 Å². The molecule has 1 radical (unpaired) electrons. The van der Waals surface area contributed by atoms with Crippen LogP contribution >= 0.6 is 0 Å². The minimum atomic E-state index is 0.236. The molecule has 0 atom stereocenters. The number of morpholine rings is 1. The summed E-state index contributed by atoms with van der Waals surface area (Å²) in [6, 6.07) is 0. The fraction of sp³-hybridized carbons (Fsp3) is 0.917. The zero-order chi connectivity index (χ0) is 9.86. The normalized spacial score (nSPS) is 29.8. The van der Waals surface area contributed by atoms with E-state index in [-0.39, 0.29) is 5.54 Å². The van der Waals surface area contributed by atoms with E-state index in [9.17, 15) is 0 Å². The van der Waals surface area contributed by atoms with Gasteiger partial charge in [-0.2, -0.15) is 0 Å². The monoisotopic (exact) mass is 196 g/mol. The van der Waals surface area contributed by atoms with E-state index in [0.717, 1.165) is 26.3 Å². The molecule has 0 amide bonds. The van der Waals surface area contributed by atoms with Crippen molar-refractivity contribution < 1.29 is 4.74 Å². The Labute approximate surface area is 87.6 Å². The molecule has 0 N–H and O–H groups in total. The highest BCUT2D eigenvalue weighted by molar-refractivity contribution is 4.95. The van der Waals surface area contributed by atoms with Gasteiger partial charge < -0.3 is 4.74 Å². The third-order valence-corrected chi connectivity index (χ3v) is 3.72. The van der Waals surface area contributed by atoms with Crippen LogP contribution in [0.4, 0.5) is 0 Å². The molecule has 0 unspecified atom stereocenters. The van der Waals surface area contributed by atoms with Crippen molar-refractivity contribution in [3.05, 3.63) is 6.92 Å². The highest BCUT2D eigenvalue weighted by atomic mass is 16.5. The summed E-state index contributed by atoms with van der Waals surface area (Å²) >= 11 is 0. The summed E-state index contributed by atoms with van der Waals surface area (Å²) in [6.45, 7) is 8.46. The second-order valence-corrected chi connectivity index (χ2v) is 4.74. The van der Waals surface area contributed by atoms with Gasteiger partial charge in [0.2, 0.25) is 0 Å². The highest BCUT2D eigenvalue weighted by Gasteiger charge is 2.32. The molecular weight excluding hydrogens is 174 g/mol. The highest BCUT2D eigenvalue weighted by Crippen LogP contribution is 2.32. The van der Waals surface area contributed by atoms with Gasteiger partial charge in [0.15, 0.2) is 0 Å². The molecule has 2 nitrogen and oxygen atoms in total. The first kappa shape index (κ1) is 10.4. The zero-order valence-electron chi connectivity index (χ0n) is 9.13. The fourth-order valence-corrected chi connectivity index (χ4v) is 2.74. The number of nitrogens with zero attached hydrogens (tertiary/aromatic N) is 1. The smallest absolute Gasteiger partial charge is 0.0594 e. The molecule has 0 aromatic rings. The minimum absolute atomic E-state index is 0.236. The molecule has 81 valence electrons. The van der Waals surface area contributed by atoms with Crippen LogP contribution in [0.2, 0.25) is 0 Å². The lowest BCUT2D eigenvalue weighted by atomic mass is 9.90. The summed E-state index contributed by atoms with van der Waals surface area (Å²) in [4.78, 5) is 2.56. The van der Waals surface area contributed by atoms with E-state index >= 15 is 0 Å². The van der Waals surface area contributed by atoms with Crippen molar-refractivity contribution in [2.75, 3.05) is 26.3 Å². The van der Waals surface area contributed by atoms with Gasteiger partial charge in [-0.25, -0.2) is 0 Å². The van der Waals surface area contributed by atoms with Crippen LogP contribution in [0.25, 0.3) is 0 Å².